The number of nitrogens with two attached hydrogens (primary N) is 1. The summed E-state index contributed by atoms with van der Waals surface area (Å²) in [4.78, 5) is 5.25. The first-order valence-corrected chi connectivity index (χ1v) is 5.84. The fraction of sp³-hybridized carbons (Fsp3) is 0.100. The molecule has 0 fully saturated rings. The molecule has 0 spiro atoms. The van der Waals surface area contributed by atoms with Gasteiger partial charge in [0.05, 0.1) is 15.7 Å². The predicted octanol–water partition coefficient (Wildman–Crippen LogP) is 4.01. The monoisotopic (exact) mass is 258 g/mol. The summed E-state index contributed by atoms with van der Waals surface area (Å²) in [6.45, 7) is 1.95. The van der Waals surface area contributed by atoms with Crippen molar-refractivity contribution in [1.29, 1.82) is 0 Å². The molecule has 78 valence electrons. The standard InChI is InChI=1S/C10H8Cl2N2S/c1-5-9(14-10(13)15-5)8-6(11)3-2-4-7(8)12/h2-4H,1H3,(H2,13,14). The van der Waals surface area contributed by atoms with Gasteiger partial charge in [-0.3, -0.25) is 0 Å². The molecule has 15 heavy (non-hydrogen) atoms. The minimum atomic E-state index is 0.526. The molecule has 0 bridgehead atoms. The summed E-state index contributed by atoms with van der Waals surface area (Å²) in [5.74, 6) is 0. The van der Waals surface area contributed by atoms with Crippen molar-refractivity contribution in [1.82, 2.24) is 4.98 Å². The smallest absolute Gasteiger partial charge is 0.180 e. The minimum absolute atomic E-state index is 0.526. The zero-order chi connectivity index (χ0) is 11.0. The van der Waals surface area contributed by atoms with Crippen LogP contribution in [0.4, 0.5) is 5.13 Å². The van der Waals surface area contributed by atoms with E-state index < -0.39 is 0 Å². The number of benzene rings is 1. The fourth-order valence-electron chi connectivity index (χ4n) is 1.37. The van der Waals surface area contributed by atoms with Gasteiger partial charge in [0.25, 0.3) is 0 Å². The molecule has 0 aliphatic heterocycles. The lowest BCUT2D eigenvalue weighted by molar-refractivity contribution is 1.38. The van der Waals surface area contributed by atoms with Gasteiger partial charge in [-0.05, 0) is 19.1 Å². The van der Waals surface area contributed by atoms with Gasteiger partial charge in [0, 0.05) is 10.4 Å². The summed E-state index contributed by atoms with van der Waals surface area (Å²) in [6, 6.07) is 5.38. The van der Waals surface area contributed by atoms with Crippen molar-refractivity contribution in [2.75, 3.05) is 5.73 Å². The Morgan fingerprint density at radius 1 is 1.27 bits per heavy atom. The van der Waals surface area contributed by atoms with E-state index in [9.17, 15) is 0 Å². The first kappa shape index (κ1) is 10.7. The quantitative estimate of drug-likeness (QED) is 0.840. The molecular formula is C10H8Cl2N2S. The van der Waals surface area contributed by atoms with Crippen LogP contribution in [0.2, 0.25) is 10.0 Å². The maximum Gasteiger partial charge on any atom is 0.180 e. The highest BCUT2D eigenvalue weighted by molar-refractivity contribution is 7.15. The first-order chi connectivity index (χ1) is 7.09. The zero-order valence-corrected chi connectivity index (χ0v) is 10.2. The highest BCUT2D eigenvalue weighted by atomic mass is 35.5. The molecule has 1 heterocycles. The van der Waals surface area contributed by atoms with E-state index in [1.807, 2.05) is 6.92 Å². The topological polar surface area (TPSA) is 38.9 Å². The van der Waals surface area contributed by atoms with Crippen LogP contribution in [0.5, 0.6) is 0 Å². The Kier molecular flexibility index (Phi) is 2.87. The van der Waals surface area contributed by atoms with Gasteiger partial charge in [-0.1, -0.05) is 29.3 Å². The van der Waals surface area contributed by atoms with E-state index in [2.05, 4.69) is 4.98 Å². The molecule has 0 radical (unpaired) electrons. The third kappa shape index (κ3) is 1.95. The molecule has 1 aromatic carbocycles. The van der Waals surface area contributed by atoms with Crippen LogP contribution in [0.3, 0.4) is 0 Å². The van der Waals surface area contributed by atoms with Crippen molar-refractivity contribution >= 4 is 39.7 Å². The molecule has 0 atom stereocenters. The van der Waals surface area contributed by atoms with Crippen molar-refractivity contribution < 1.29 is 0 Å². The summed E-state index contributed by atoms with van der Waals surface area (Å²) >= 11 is 13.6. The van der Waals surface area contributed by atoms with Gasteiger partial charge in [-0.25, -0.2) is 4.98 Å². The van der Waals surface area contributed by atoms with E-state index in [1.54, 1.807) is 18.2 Å². The Bertz CT molecular complexity index is 488. The molecule has 5 heteroatoms. The average Bonchev–Trinajstić information content (AvgIpc) is 2.45. The fourth-order valence-corrected chi connectivity index (χ4v) is 2.64. The van der Waals surface area contributed by atoms with E-state index in [1.165, 1.54) is 11.3 Å². The highest BCUT2D eigenvalue weighted by Gasteiger charge is 2.14. The number of anilines is 1. The molecule has 0 aliphatic rings. The largest absolute Gasteiger partial charge is 0.375 e. The Balaban J connectivity index is 2.68. The van der Waals surface area contributed by atoms with E-state index in [0.717, 1.165) is 16.1 Å². The third-order valence-corrected chi connectivity index (χ3v) is 3.44. The van der Waals surface area contributed by atoms with Crippen LogP contribution >= 0.6 is 34.5 Å². The van der Waals surface area contributed by atoms with Gasteiger partial charge in [0.1, 0.15) is 0 Å². The van der Waals surface area contributed by atoms with Gasteiger partial charge in [0.15, 0.2) is 5.13 Å². The number of nitrogens with zero attached hydrogens (tertiary/aromatic N) is 1. The van der Waals surface area contributed by atoms with Crippen LogP contribution in [0, 0.1) is 6.92 Å². The van der Waals surface area contributed by atoms with Crippen molar-refractivity contribution in [3.63, 3.8) is 0 Å². The SMILES string of the molecule is Cc1sc(N)nc1-c1c(Cl)cccc1Cl. The molecular weight excluding hydrogens is 251 g/mol. The second kappa shape index (κ2) is 4.00. The summed E-state index contributed by atoms with van der Waals surface area (Å²) in [6.07, 6.45) is 0. The lowest BCUT2D eigenvalue weighted by Gasteiger charge is -2.04. The molecule has 0 unspecified atom stereocenters. The second-order valence-electron chi connectivity index (χ2n) is 3.05. The van der Waals surface area contributed by atoms with Gasteiger partial charge in [-0.15, -0.1) is 11.3 Å². The van der Waals surface area contributed by atoms with Gasteiger partial charge < -0.3 is 5.73 Å². The molecule has 0 amide bonds. The van der Waals surface area contributed by atoms with Crippen LogP contribution in [0.15, 0.2) is 18.2 Å². The number of hydrogen-bond donors (Lipinski definition) is 1. The van der Waals surface area contributed by atoms with Crippen LogP contribution in [0.25, 0.3) is 11.3 Å². The number of nitrogen functional groups attached to an aromatic ring is 1. The number of rotatable bonds is 1. The lowest BCUT2D eigenvalue weighted by atomic mass is 10.1. The summed E-state index contributed by atoms with van der Waals surface area (Å²) in [5, 5.41) is 1.71. The maximum atomic E-state index is 6.08. The number of halogens is 2. The second-order valence-corrected chi connectivity index (χ2v) is 5.10. The normalized spacial score (nSPS) is 10.6. The molecule has 2 N–H and O–H groups in total. The predicted molar refractivity (Wildman–Crippen MR) is 66.7 cm³/mol. The molecule has 2 rings (SSSR count). The van der Waals surface area contributed by atoms with Crippen LogP contribution in [-0.4, -0.2) is 4.98 Å². The average molecular weight is 259 g/mol. The van der Waals surface area contributed by atoms with Gasteiger partial charge in [-0.2, -0.15) is 0 Å². The molecule has 2 nitrogen and oxygen atoms in total. The maximum absolute atomic E-state index is 6.08. The molecule has 1 aromatic heterocycles. The van der Waals surface area contributed by atoms with Crippen LogP contribution in [-0.2, 0) is 0 Å². The van der Waals surface area contributed by atoms with E-state index in [0.29, 0.717) is 15.2 Å². The van der Waals surface area contributed by atoms with E-state index in [4.69, 9.17) is 28.9 Å². The zero-order valence-electron chi connectivity index (χ0n) is 7.92. The Labute approximate surface area is 102 Å². The number of aryl methyl sites for hydroxylation is 1. The van der Waals surface area contributed by atoms with Crippen molar-refractivity contribution in [3.8, 4) is 11.3 Å². The van der Waals surface area contributed by atoms with E-state index in [-0.39, 0.29) is 0 Å². The van der Waals surface area contributed by atoms with Gasteiger partial charge >= 0.3 is 0 Å². The lowest BCUT2D eigenvalue weighted by Crippen LogP contribution is -1.86. The number of thiazole rings is 1. The summed E-state index contributed by atoms with van der Waals surface area (Å²) < 4.78 is 0. The van der Waals surface area contributed by atoms with Crippen molar-refractivity contribution in [2.24, 2.45) is 0 Å². The summed E-state index contributed by atoms with van der Waals surface area (Å²) in [5.41, 5.74) is 7.17. The highest BCUT2D eigenvalue weighted by Crippen LogP contribution is 2.37. The van der Waals surface area contributed by atoms with E-state index >= 15 is 0 Å². The van der Waals surface area contributed by atoms with Crippen molar-refractivity contribution in [2.45, 2.75) is 6.92 Å². The van der Waals surface area contributed by atoms with Gasteiger partial charge in [0.2, 0.25) is 0 Å². The Morgan fingerprint density at radius 3 is 2.33 bits per heavy atom. The van der Waals surface area contributed by atoms with Crippen LogP contribution < -0.4 is 5.73 Å². The Morgan fingerprint density at radius 2 is 1.87 bits per heavy atom. The number of hydrogen-bond acceptors (Lipinski definition) is 3. The van der Waals surface area contributed by atoms with Crippen molar-refractivity contribution in [3.05, 3.63) is 33.1 Å². The minimum Gasteiger partial charge on any atom is -0.375 e. The molecule has 0 aliphatic carbocycles. The molecule has 2 aromatic rings. The summed E-state index contributed by atoms with van der Waals surface area (Å²) in [7, 11) is 0. The molecule has 0 saturated heterocycles. The molecule has 0 saturated carbocycles. The first-order valence-electron chi connectivity index (χ1n) is 4.27. The number of aromatic nitrogens is 1. The Hall–Kier alpha value is -0.770. The van der Waals surface area contributed by atoms with Crippen LogP contribution in [0.1, 0.15) is 4.88 Å². The third-order valence-electron chi connectivity index (χ3n) is 2.01.